The van der Waals surface area contributed by atoms with Gasteiger partial charge in [-0.3, -0.25) is 4.90 Å². The summed E-state index contributed by atoms with van der Waals surface area (Å²) in [6, 6.07) is 18.4. The minimum atomic E-state index is -3.14. The van der Waals surface area contributed by atoms with E-state index in [-0.39, 0.29) is 23.0 Å². The maximum absolute atomic E-state index is 14.7. The summed E-state index contributed by atoms with van der Waals surface area (Å²) in [5.74, 6) is -3.71. The van der Waals surface area contributed by atoms with Gasteiger partial charge in [0.05, 0.1) is 5.56 Å². The Morgan fingerprint density at radius 2 is 1.83 bits per heavy atom. The number of hydrogen-bond acceptors (Lipinski definition) is 3. The minimum Gasteiger partial charge on any atom is -0.507 e. The van der Waals surface area contributed by atoms with Crippen LogP contribution in [0, 0.1) is 5.82 Å². The second-order valence-electron chi connectivity index (χ2n) is 11.3. The van der Waals surface area contributed by atoms with E-state index in [1.165, 1.54) is 17.2 Å². The second kappa shape index (κ2) is 14.3. The van der Waals surface area contributed by atoms with Crippen molar-refractivity contribution in [2.75, 3.05) is 13.1 Å². The highest BCUT2D eigenvalue weighted by Gasteiger charge is 2.29. The number of phenolic OH excluding ortho intramolecular Hbond substituents is 1. The van der Waals surface area contributed by atoms with Crippen molar-refractivity contribution in [1.29, 1.82) is 0 Å². The van der Waals surface area contributed by atoms with E-state index in [1.54, 1.807) is 25.1 Å². The first-order valence-electron chi connectivity index (χ1n) is 14.5. The van der Waals surface area contributed by atoms with Crippen molar-refractivity contribution >= 4 is 18.2 Å². The summed E-state index contributed by atoms with van der Waals surface area (Å²) in [6.07, 6.45) is 11.0. The van der Waals surface area contributed by atoms with Crippen LogP contribution < -0.4 is 0 Å². The maximum Gasteiger partial charge on any atom is 0.274 e. The van der Waals surface area contributed by atoms with Gasteiger partial charge in [-0.25, -0.2) is 13.2 Å². The summed E-state index contributed by atoms with van der Waals surface area (Å²) in [6.45, 7) is 8.10. The Morgan fingerprint density at radius 1 is 1.07 bits per heavy atom. The third-order valence-electron chi connectivity index (χ3n) is 7.80. The van der Waals surface area contributed by atoms with Gasteiger partial charge in [0.2, 0.25) is 0 Å². The summed E-state index contributed by atoms with van der Waals surface area (Å²) < 4.78 is 43.1. The van der Waals surface area contributed by atoms with Gasteiger partial charge in [-0.05, 0) is 86.0 Å². The highest BCUT2D eigenvalue weighted by Crippen LogP contribution is 2.37. The van der Waals surface area contributed by atoms with Crippen LogP contribution in [0.2, 0.25) is 0 Å². The molecule has 0 bridgehead atoms. The molecule has 222 valence electrons. The first kappa shape index (κ1) is 31.7. The number of hydrogen-bond donors (Lipinski definition) is 2. The predicted molar refractivity (Wildman–Crippen MR) is 170 cm³/mol. The van der Waals surface area contributed by atoms with Crippen molar-refractivity contribution in [3.63, 3.8) is 0 Å². The quantitative estimate of drug-likeness (QED) is 0.153. The van der Waals surface area contributed by atoms with E-state index in [0.29, 0.717) is 47.7 Å². The molecule has 0 heterocycles. The second-order valence-corrected chi connectivity index (χ2v) is 11.8. The molecule has 0 amide bonds. The minimum absolute atomic E-state index is 0.0937. The molecule has 1 N–H and O–H groups in total. The zero-order valence-electron chi connectivity index (χ0n) is 24.4. The first-order chi connectivity index (χ1) is 20.0. The van der Waals surface area contributed by atoms with Gasteiger partial charge in [-0.15, -0.1) is 12.6 Å². The molecule has 1 aliphatic rings. The number of aryl methyl sites for hydroxylation is 1. The number of unbranched alkanes of at least 4 members (excludes halogenated alkanes) is 1. The van der Waals surface area contributed by atoms with E-state index in [1.807, 2.05) is 24.3 Å². The molecule has 0 fully saturated rings. The number of alkyl halides is 2. The molecule has 0 aromatic heterocycles. The molecular formula is C36H40F3NOS. The molecule has 3 aromatic carbocycles. The first-order valence-corrected chi connectivity index (χ1v) is 15.0. The third kappa shape index (κ3) is 8.20. The van der Waals surface area contributed by atoms with E-state index in [4.69, 9.17) is 0 Å². The fourth-order valence-electron chi connectivity index (χ4n) is 5.67. The van der Waals surface area contributed by atoms with Crippen molar-refractivity contribution in [2.24, 2.45) is 0 Å². The molecule has 1 atom stereocenters. The van der Waals surface area contributed by atoms with Gasteiger partial charge in [0.25, 0.3) is 5.92 Å². The normalized spacial score (nSPS) is 14.2. The average Bonchev–Trinajstić information content (AvgIpc) is 2.94. The van der Waals surface area contributed by atoms with Crippen molar-refractivity contribution in [2.45, 2.75) is 69.2 Å². The number of aromatic hydroxyl groups is 1. The van der Waals surface area contributed by atoms with E-state index in [9.17, 15) is 18.3 Å². The van der Waals surface area contributed by atoms with Gasteiger partial charge in [-0.2, -0.15) is 0 Å². The Kier molecular flexibility index (Phi) is 10.8. The molecule has 0 radical (unpaired) electrons. The lowest BCUT2D eigenvalue weighted by atomic mass is 9.87. The van der Waals surface area contributed by atoms with Gasteiger partial charge >= 0.3 is 0 Å². The number of allylic oxidation sites excluding steroid dienone is 4. The predicted octanol–water partition coefficient (Wildman–Crippen LogP) is 9.85. The Hall–Kier alpha value is -3.22. The van der Waals surface area contributed by atoms with Crippen LogP contribution in [0.1, 0.15) is 73.3 Å². The summed E-state index contributed by atoms with van der Waals surface area (Å²) >= 11 is 4.47. The fraction of sp³-hybridized carbons (Fsp3) is 0.333. The topological polar surface area (TPSA) is 23.5 Å². The number of rotatable bonds is 13. The maximum atomic E-state index is 14.7. The van der Waals surface area contributed by atoms with Gasteiger partial charge in [0.15, 0.2) is 0 Å². The molecule has 1 unspecified atom stereocenters. The number of para-hydroxylation sites is 1. The van der Waals surface area contributed by atoms with Gasteiger partial charge < -0.3 is 5.11 Å². The zero-order valence-corrected chi connectivity index (χ0v) is 25.3. The van der Waals surface area contributed by atoms with Crippen LogP contribution >= 0.6 is 12.6 Å². The van der Waals surface area contributed by atoms with Crippen LogP contribution in [-0.4, -0.2) is 23.1 Å². The molecule has 0 aliphatic heterocycles. The van der Waals surface area contributed by atoms with Crippen molar-refractivity contribution in [3.8, 4) is 5.75 Å². The lowest BCUT2D eigenvalue weighted by Crippen LogP contribution is -2.30. The standard InChI is InChI=1S/C36H40F3NOS/c1-25(2)34-32(37)21-26(22-33(34)42)13-10-11-20-40(23-29-18-12-19-31(35(29)41)36(3,38)39)24-30(27-14-6-4-7-15-27)28-16-8-5-9-17-28/h4,6-8,12,14-19,21-22,30,41-42H,1,5,9-11,13,20,23-24H2,2-3H3. The Morgan fingerprint density at radius 3 is 2.48 bits per heavy atom. The highest BCUT2D eigenvalue weighted by atomic mass is 32.1. The van der Waals surface area contributed by atoms with Crippen LogP contribution in [0.5, 0.6) is 5.75 Å². The molecule has 6 heteroatoms. The van der Waals surface area contributed by atoms with Crippen LogP contribution in [0.25, 0.3) is 5.57 Å². The van der Waals surface area contributed by atoms with E-state index >= 15 is 0 Å². The SMILES string of the molecule is C=C(C)c1c(F)cc(CCCCN(Cc2cccc(C(C)(F)F)c2O)CC(C2=CCCC=C2)c2ccccc2)cc1S. The largest absolute Gasteiger partial charge is 0.507 e. The van der Waals surface area contributed by atoms with Crippen LogP contribution in [0.15, 0.2) is 95.9 Å². The molecular weight excluding hydrogens is 551 g/mol. The van der Waals surface area contributed by atoms with Gasteiger partial charge in [-0.1, -0.05) is 67.3 Å². The van der Waals surface area contributed by atoms with E-state index < -0.39 is 5.92 Å². The lowest BCUT2D eigenvalue weighted by molar-refractivity contribution is 0.0149. The Labute approximate surface area is 253 Å². The van der Waals surface area contributed by atoms with Crippen LogP contribution in [0.4, 0.5) is 13.2 Å². The summed E-state index contributed by atoms with van der Waals surface area (Å²) in [5, 5.41) is 10.8. The molecule has 1 aliphatic carbocycles. The Bertz CT molecular complexity index is 1420. The molecule has 0 saturated heterocycles. The van der Waals surface area contributed by atoms with Crippen molar-refractivity contribution < 1.29 is 18.3 Å². The molecule has 42 heavy (non-hydrogen) atoms. The smallest absolute Gasteiger partial charge is 0.274 e. The van der Waals surface area contributed by atoms with Crippen molar-refractivity contribution in [1.82, 2.24) is 4.90 Å². The number of nitrogens with zero attached hydrogens (tertiary/aromatic N) is 1. The molecule has 4 rings (SSSR count). The average molecular weight is 592 g/mol. The number of phenols is 1. The number of halogens is 3. The zero-order chi connectivity index (χ0) is 30.3. The highest BCUT2D eigenvalue weighted by molar-refractivity contribution is 7.80. The third-order valence-corrected chi connectivity index (χ3v) is 8.15. The van der Waals surface area contributed by atoms with Crippen molar-refractivity contribution in [3.05, 3.63) is 125 Å². The molecule has 3 aromatic rings. The van der Waals surface area contributed by atoms with E-state index in [2.05, 4.69) is 54.5 Å². The lowest BCUT2D eigenvalue weighted by Gasteiger charge is -2.30. The fourth-order valence-corrected chi connectivity index (χ4v) is 6.13. The molecule has 2 nitrogen and oxygen atoms in total. The summed E-state index contributed by atoms with van der Waals surface area (Å²) in [7, 11) is 0. The number of benzene rings is 3. The van der Waals surface area contributed by atoms with Crippen LogP contribution in [-0.2, 0) is 18.9 Å². The summed E-state index contributed by atoms with van der Waals surface area (Å²) in [5.41, 5.74) is 4.52. The van der Waals surface area contributed by atoms with E-state index in [0.717, 1.165) is 38.2 Å². The molecule has 0 spiro atoms. The summed E-state index contributed by atoms with van der Waals surface area (Å²) in [4.78, 5) is 2.82. The Balaban J connectivity index is 1.55. The van der Waals surface area contributed by atoms with Gasteiger partial charge in [0, 0.05) is 42.0 Å². The van der Waals surface area contributed by atoms with Gasteiger partial charge in [0.1, 0.15) is 11.6 Å². The monoisotopic (exact) mass is 591 g/mol. The number of thiol groups is 1. The van der Waals surface area contributed by atoms with Crippen LogP contribution in [0.3, 0.4) is 0 Å². The molecule has 0 saturated carbocycles.